The minimum absolute atomic E-state index is 0.157. The second kappa shape index (κ2) is 5.57. The Hall–Kier alpha value is -0.610. The third kappa shape index (κ3) is 2.69. The predicted molar refractivity (Wildman–Crippen MR) is 71.2 cm³/mol. The molecule has 0 aromatic heterocycles. The first-order chi connectivity index (χ1) is 8.57. The Labute approximate surface area is 110 Å². The molecule has 2 rings (SSSR count). The van der Waals surface area contributed by atoms with Gasteiger partial charge >= 0.3 is 0 Å². The molecule has 3 unspecified atom stereocenters. The molecule has 1 saturated heterocycles. The monoisotopic (exact) mass is 254 g/mol. The molecule has 4 heteroatoms. The molecule has 4 nitrogen and oxygen atoms in total. The van der Waals surface area contributed by atoms with Crippen molar-refractivity contribution in [3.05, 3.63) is 0 Å². The Morgan fingerprint density at radius 2 is 2.33 bits per heavy atom. The minimum Gasteiger partial charge on any atom is -0.377 e. The third-order valence-corrected chi connectivity index (χ3v) is 4.42. The van der Waals surface area contributed by atoms with Crippen molar-refractivity contribution in [3.63, 3.8) is 0 Å². The Kier molecular flexibility index (Phi) is 4.28. The van der Waals surface area contributed by atoms with Gasteiger partial charge in [-0.3, -0.25) is 4.79 Å². The standard InChI is InChI=1S/C14H26N2O2/c1-3-12-10-18-8-7-16(12)13(17)14(15)6-4-5-11(2)9-14/h11-12H,3-10,15H2,1-2H3. The molecule has 3 atom stereocenters. The molecule has 0 aromatic carbocycles. The van der Waals surface area contributed by atoms with Gasteiger partial charge in [-0.15, -0.1) is 0 Å². The first-order valence-corrected chi connectivity index (χ1v) is 7.24. The molecule has 1 aliphatic heterocycles. The smallest absolute Gasteiger partial charge is 0.243 e. The van der Waals surface area contributed by atoms with Crippen LogP contribution < -0.4 is 5.73 Å². The first-order valence-electron chi connectivity index (χ1n) is 7.24. The zero-order chi connectivity index (χ0) is 13.2. The Morgan fingerprint density at radius 1 is 1.56 bits per heavy atom. The highest BCUT2D eigenvalue weighted by Gasteiger charge is 2.42. The average molecular weight is 254 g/mol. The summed E-state index contributed by atoms with van der Waals surface area (Å²) in [6, 6.07) is 0.212. The van der Waals surface area contributed by atoms with Crippen LogP contribution in [-0.4, -0.2) is 42.1 Å². The zero-order valence-corrected chi connectivity index (χ0v) is 11.7. The average Bonchev–Trinajstić information content (AvgIpc) is 2.37. The number of nitrogens with zero attached hydrogens (tertiary/aromatic N) is 1. The van der Waals surface area contributed by atoms with Crippen molar-refractivity contribution in [3.8, 4) is 0 Å². The molecule has 0 radical (unpaired) electrons. The third-order valence-electron chi connectivity index (χ3n) is 4.42. The van der Waals surface area contributed by atoms with E-state index in [2.05, 4.69) is 13.8 Å². The quantitative estimate of drug-likeness (QED) is 0.813. The Bertz CT molecular complexity index is 308. The lowest BCUT2D eigenvalue weighted by atomic mass is 9.76. The molecule has 1 amide bonds. The van der Waals surface area contributed by atoms with Crippen molar-refractivity contribution >= 4 is 5.91 Å². The maximum atomic E-state index is 12.7. The number of carbonyl (C=O) groups excluding carboxylic acids is 1. The maximum absolute atomic E-state index is 12.7. The molecule has 0 spiro atoms. The van der Waals surface area contributed by atoms with Crippen LogP contribution in [0, 0.1) is 5.92 Å². The number of morpholine rings is 1. The van der Waals surface area contributed by atoms with E-state index in [-0.39, 0.29) is 11.9 Å². The van der Waals surface area contributed by atoms with E-state index < -0.39 is 5.54 Å². The molecule has 2 fully saturated rings. The van der Waals surface area contributed by atoms with Gasteiger partial charge in [-0.1, -0.05) is 26.7 Å². The summed E-state index contributed by atoms with van der Waals surface area (Å²) < 4.78 is 5.46. The van der Waals surface area contributed by atoms with Crippen LogP contribution in [0.15, 0.2) is 0 Å². The Balaban J connectivity index is 2.08. The summed E-state index contributed by atoms with van der Waals surface area (Å²) in [5.74, 6) is 0.720. The highest BCUT2D eigenvalue weighted by atomic mass is 16.5. The summed E-state index contributed by atoms with van der Waals surface area (Å²) in [4.78, 5) is 14.7. The van der Waals surface area contributed by atoms with E-state index >= 15 is 0 Å². The number of ether oxygens (including phenoxy) is 1. The van der Waals surface area contributed by atoms with Gasteiger partial charge in [0.15, 0.2) is 0 Å². The van der Waals surface area contributed by atoms with E-state index in [9.17, 15) is 4.79 Å². The summed E-state index contributed by atoms with van der Waals surface area (Å²) >= 11 is 0. The van der Waals surface area contributed by atoms with Gasteiger partial charge in [-0.25, -0.2) is 0 Å². The van der Waals surface area contributed by atoms with Crippen LogP contribution in [0.1, 0.15) is 46.0 Å². The maximum Gasteiger partial charge on any atom is 0.243 e. The predicted octanol–water partition coefficient (Wildman–Crippen LogP) is 1.53. The van der Waals surface area contributed by atoms with Gasteiger partial charge in [0.1, 0.15) is 0 Å². The van der Waals surface area contributed by atoms with Crippen molar-refractivity contribution in [1.29, 1.82) is 0 Å². The minimum atomic E-state index is -0.623. The van der Waals surface area contributed by atoms with Crippen molar-refractivity contribution < 1.29 is 9.53 Å². The molecule has 1 aliphatic carbocycles. The van der Waals surface area contributed by atoms with Gasteiger partial charge in [-0.2, -0.15) is 0 Å². The molecule has 2 N–H and O–H groups in total. The van der Waals surface area contributed by atoms with E-state index in [1.54, 1.807) is 0 Å². The fourth-order valence-corrected chi connectivity index (χ4v) is 3.33. The lowest BCUT2D eigenvalue weighted by molar-refractivity contribution is -0.147. The van der Waals surface area contributed by atoms with Crippen LogP contribution in [0.5, 0.6) is 0 Å². The van der Waals surface area contributed by atoms with Crippen molar-refractivity contribution in [2.75, 3.05) is 19.8 Å². The summed E-state index contributed by atoms with van der Waals surface area (Å²) in [5, 5.41) is 0. The zero-order valence-electron chi connectivity index (χ0n) is 11.7. The SMILES string of the molecule is CCC1COCCN1C(=O)C1(N)CCCC(C)C1. The van der Waals surface area contributed by atoms with Crippen LogP contribution in [0.3, 0.4) is 0 Å². The van der Waals surface area contributed by atoms with Crippen LogP contribution in [0.2, 0.25) is 0 Å². The van der Waals surface area contributed by atoms with Crippen molar-refractivity contribution in [1.82, 2.24) is 4.90 Å². The fraction of sp³-hybridized carbons (Fsp3) is 0.929. The van der Waals surface area contributed by atoms with Gasteiger partial charge in [0.2, 0.25) is 5.91 Å². The molecule has 0 aromatic rings. The van der Waals surface area contributed by atoms with Gasteiger partial charge < -0.3 is 15.4 Å². The summed E-state index contributed by atoms with van der Waals surface area (Å²) in [6.45, 7) is 6.31. The van der Waals surface area contributed by atoms with E-state index in [4.69, 9.17) is 10.5 Å². The lowest BCUT2D eigenvalue weighted by Crippen LogP contribution is -2.61. The first kappa shape index (κ1) is 13.8. The molecule has 1 saturated carbocycles. The number of hydrogen-bond donors (Lipinski definition) is 1. The van der Waals surface area contributed by atoms with E-state index in [0.717, 1.165) is 25.7 Å². The molecule has 104 valence electrons. The lowest BCUT2D eigenvalue weighted by Gasteiger charge is -2.43. The van der Waals surface area contributed by atoms with Crippen molar-refractivity contribution in [2.45, 2.75) is 57.5 Å². The summed E-state index contributed by atoms with van der Waals surface area (Å²) in [7, 11) is 0. The fourth-order valence-electron chi connectivity index (χ4n) is 3.33. The summed E-state index contributed by atoms with van der Waals surface area (Å²) in [5.41, 5.74) is 5.79. The molecule has 2 aliphatic rings. The topological polar surface area (TPSA) is 55.6 Å². The van der Waals surface area contributed by atoms with Crippen LogP contribution in [-0.2, 0) is 9.53 Å². The highest BCUT2D eigenvalue weighted by Crippen LogP contribution is 2.32. The van der Waals surface area contributed by atoms with Gasteiger partial charge in [0.05, 0.1) is 24.8 Å². The number of rotatable bonds is 2. The van der Waals surface area contributed by atoms with Crippen LogP contribution >= 0.6 is 0 Å². The Morgan fingerprint density at radius 3 is 3.00 bits per heavy atom. The largest absolute Gasteiger partial charge is 0.377 e. The van der Waals surface area contributed by atoms with Gasteiger partial charge in [-0.05, 0) is 25.2 Å². The van der Waals surface area contributed by atoms with Crippen LogP contribution in [0.25, 0.3) is 0 Å². The second-order valence-corrected chi connectivity index (χ2v) is 5.99. The molecule has 18 heavy (non-hydrogen) atoms. The van der Waals surface area contributed by atoms with E-state index in [1.165, 1.54) is 6.42 Å². The molecule has 1 heterocycles. The van der Waals surface area contributed by atoms with E-state index in [0.29, 0.717) is 25.7 Å². The summed E-state index contributed by atoms with van der Waals surface area (Å²) in [6.07, 6.45) is 4.89. The molecular weight excluding hydrogens is 228 g/mol. The number of hydrogen-bond acceptors (Lipinski definition) is 3. The molecular formula is C14H26N2O2. The van der Waals surface area contributed by atoms with Gasteiger partial charge in [0.25, 0.3) is 0 Å². The second-order valence-electron chi connectivity index (χ2n) is 5.99. The highest BCUT2D eigenvalue weighted by molar-refractivity contribution is 5.86. The van der Waals surface area contributed by atoms with Gasteiger partial charge in [0, 0.05) is 6.54 Å². The number of carbonyl (C=O) groups is 1. The van der Waals surface area contributed by atoms with Crippen LogP contribution in [0.4, 0.5) is 0 Å². The van der Waals surface area contributed by atoms with Crippen molar-refractivity contribution in [2.24, 2.45) is 11.7 Å². The molecule has 0 bridgehead atoms. The number of nitrogens with two attached hydrogens (primary N) is 1. The number of amides is 1. The van der Waals surface area contributed by atoms with E-state index in [1.807, 2.05) is 4.90 Å². The normalized spacial score (nSPS) is 37.6.